The Bertz CT molecular complexity index is 4050. The van der Waals surface area contributed by atoms with Gasteiger partial charge in [0, 0.05) is 84.5 Å². The lowest BCUT2D eigenvalue weighted by Crippen LogP contribution is -2.71. The molecular formula is C56H50Cl2N7O13S3+. The number of aliphatic carboxylic acids is 1. The number of carboxylic acid groups (broad SMARTS) is 1. The fraction of sp³-hybridized carbons (Fsp3) is 0.232. The van der Waals surface area contributed by atoms with E-state index in [2.05, 4.69) is 9.60 Å². The Labute approximate surface area is 479 Å². The molecule has 3 N–H and O–H groups in total. The van der Waals surface area contributed by atoms with Crippen molar-refractivity contribution in [1.82, 2.24) is 29.1 Å². The van der Waals surface area contributed by atoms with E-state index in [4.69, 9.17) is 36.9 Å². The molecule has 81 heavy (non-hydrogen) atoms. The number of hydrogen-bond donors (Lipinski definition) is 3. The normalized spacial score (nSPS) is 19.5. The molecule has 0 saturated carbocycles. The number of halogens is 2. The predicted molar refractivity (Wildman–Crippen MR) is 304 cm³/mol. The van der Waals surface area contributed by atoms with Crippen molar-refractivity contribution in [2.24, 2.45) is 0 Å². The minimum absolute atomic E-state index is 0.0321. The summed E-state index contributed by atoms with van der Waals surface area (Å²) in [6.45, 7) is -0.287. The number of hydrogen-bond acceptors (Lipinski definition) is 13. The van der Waals surface area contributed by atoms with Crippen LogP contribution >= 0.6 is 35.0 Å². The van der Waals surface area contributed by atoms with Crippen LogP contribution in [-0.4, -0.2) is 133 Å². The fourth-order valence-corrected chi connectivity index (χ4v) is 14.3. The molecule has 5 aromatic rings. The number of benzene rings is 6. The average molecular weight is 1200 g/mol. The number of hydroxylamine groups is 2. The van der Waals surface area contributed by atoms with Gasteiger partial charge < -0.3 is 29.4 Å². The monoisotopic (exact) mass is 1190 g/mol. The zero-order valence-electron chi connectivity index (χ0n) is 43.3. The Morgan fingerprint density at radius 1 is 0.864 bits per heavy atom. The van der Waals surface area contributed by atoms with E-state index in [9.17, 15) is 41.1 Å². The third-order valence-corrected chi connectivity index (χ3v) is 19.0. The first-order valence-corrected chi connectivity index (χ1v) is 29.8. The molecule has 0 spiro atoms. The van der Waals surface area contributed by atoms with E-state index in [1.165, 1.54) is 23.1 Å². The van der Waals surface area contributed by atoms with Gasteiger partial charge in [0.1, 0.15) is 58.9 Å². The van der Waals surface area contributed by atoms with E-state index in [-0.39, 0.29) is 48.9 Å². The summed E-state index contributed by atoms with van der Waals surface area (Å²) in [5.41, 5.74) is 5.24. The second-order valence-corrected chi connectivity index (χ2v) is 24.6. The second-order valence-electron chi connectivity index (χ2n) is 19.7. The number of carboxylic acids is 1. The van der Waals surface area contributed by atoms with Gasteiger partial charge in [-0.15, -0.1) is 16.0 Å². The van der Waals surface area contributed by atoms with Crippen molar-refractivity contribution in [3.63, 3.8) is 0 Å². The Kier molecular flexibility index (Phi) is 14.9. The lowest BCUT2D eigenvalue weighted by Gasteiger charge is -2.49. The van der Waals surface area contributed by atoms with Crippen molar-refractivity contribution in [1.29, 1.82) is 0 Å². The van der Waals surface area contributed by atoms with Gasteiger partial charge in [-0.2, -0.15) is 22.4 Å². The molecular weight excluding hydrogens is 1150 g/mol. The van der Waals surface area contributed by atoms with Crippen LogP contribution in [0.15, 0.2) is 154 Å². The number of nitrogens with one attached hydrogen (secondary N) is 1. The van der Waals surface area contributed by atoms with Crippen molar-refractivity contribution in [3.8, 4) is 28.2 Å². The molecule has 3 saturated heterocycles. The first-order chi connectivity index (χ1) is 38.7. The van der Waals surface area contributed by atoms with Crippen LogP contribution in [0, 0.1) is 0 Å². The molecule has 5 aromatic carbocycles. The van der Waals surface area contributed by atoms with Crippen LogP contribution in [0.25, 0.3) is 33.4 Å². The molecule has 0 radical (unpaired) electrons. The molecule has 4 atom stereocenters. The molecule has 11 rings (SSSR count). The molecule has 418 valence electrons. The number of nitrogens with zero attached hydrogens (tertiary/aromatic N) is 6. The summed E-state index contributed by atoms with van der Waals surface area (Å²) in [4.78, 5) is 56.7. The minimum Gasteiger partial charge on any atom is -0.489 e. The van der Waals surface area contributed by atoms with E-state index in [1.807, 2.05) is 108 Å². The minimum atomic E-state index is -5.00. The second kappa shape index (κ2) is 21.8. The maximum atomic E-state index is 14.9. The van der Waals surface area contributed by atoms with E-state index >= 15 is 0 Å². The number of sulfonamides is 1. The number of β-lactam (4-membered cyclic amide) rings is 1. The molecule has 6 aliphatic rings. The summed E-state index contributed by atoms with van der Waals surface area (Å²) in [5, 5.41) is 15.3. The molecule has 0 aromatic heterocycles. The van der Waals surface area contributed by atoms with E-state index in [0.717, 1.165) is 32.2 Å². The van der Waals surface area contributed by atoms with E-state index < -0.39 is 67.7 Å². The highest BCUT2D eigenvalue weighted by Crippen LogP contribution is 2.45. The zero-order chi connectivity index (χ0) is 57.2. The SMILES string of the molecule is CN(c1ccc2c(-c3ccccc3S(=O)(=O)N(C)Cc3ccc(OCC4=C(C(=O)O)N5C(=O)[C@@H](NC(=O)C6CC[C@H]7CN6C(=O)N7OS(=O)(=O)O)[C@H]5SC4)cc3)c3ccc(=[N+](C)c4ccccc4Cl)cc-3oc2c1)c1ccccc1Cl. The summed E-state index contributed by atoms with van der Waals surface area (Å²) in [6.07, 6.45) is 0.291. The molecule has 5 heterocycles. The van der Waals surface area contributed by atoms with Gasteiger partial charge >= 0.3 is 22.4 Å². The number of fused-ring (bicyclic) bond motifs is 5. The Balaban J connectivity index is 0.811. The largest absolute Gasteiger partial charge is 0.489 e. The predicted octanol–water partition coefficient (Wildman–Crippen LogP) is 7.95. The molecule has 4 amide bonds. The number of thioether (sulfide) groups is 1. The zero-order valence-corrected chi connectivity index (χ0v) is 47.3. The van der Waals surface area contributed by atoms with Crippen LogP contribution in [0.5, 0.6) is 5.75 Å². The molecule has 25 heteroatoms. The van der Waals surface area contributed by atoms with Gasteiger partial charge in [-0.1, -0.05) is 77.8 Å². The van der Waals surface area contributed by atoms with E-state index in [0.29, 0.717) is 65.4 Å². The number of amides is 4. The fourth-order valence-electron chi connectivity index (χ4n) is 10.7. The topological polar surface area (TPSA) is 240 Å². The van der Waals surface area contributed by atoms with Gasteiger partial charge in [-0.05, 0) is 73.0 Å². The number of rotatable bonds is 16. The molecule has 2 bridgehead atoms. The summed E-state index contributed by atoms with van der Waals surface area (Å²) < 4.78 is 82.0. The van der Waals surface area contributed by atoms with Crippen molar-refractivity contribution >= 4 is 107 Å². The average Bonchev–Trinajstić information content (AvgIpc) is 3.82. The van der Waals surface area contributed by atoms with E-state index in [1.54, 1.807) is 48.5 Å². The van der Waals surface area contributed by atoms with Gasteiger partial charge in [0.15, 0.2) is 0 Å². The highest BCUT2D eigenvalue weighted by molar-refractivity contribution is 8.00. The number of carbonyl (C=O) groups is 4. The van der Waals surface area contributed by atoms with Gasteiger partial charge in [-0.25, -0.2) is 18.0 Å². The Morgan fingerprint density at radius 3 is 2.31 bits per heavy atom. The van der Waals surface area contributed by atoms with Crippen LogP contribution in [-0.2, 0) is 45.6 Å². The smallest absolute Gasteiger partial charge is 0.418 e. The molecule has 1 aliphatic carbocycles. The molecule has 20 nitrogen and oxygen atoms in total. The Hall–Kier alpha value is -7.48. The number of carbonyl (C=O) groups excluding carboxylic acids is 3. The van der Waals surface area contributed by atoms with Crippen molar-refractivity contribution < 1.29 is 59.1 Å². The maximum Gasteiger partial charge on any atom is 0.418 e. The number of urea groups is 1. The first-order valence-electron chi connectivity index (χ1n) is 25.2. The van der Waals surface area contributed by atoms with Crippen LogP contribution in [0.2, 0.25) is 10.0 Å². The molecule has 5 aliphatic heterocycles. The number of ether oxygens (including phenoxy) is 1. The summed E-state index contributed by atoms with van der Waals surface area (Å²) >= 11 is 14.5. The third-order valence-electron chi connectivity index (χ3n) is 14.8. The highest BCUT2D eigenvalue weighted by atomic mass is 35.5. The van der Waals surface area contributed by atoms with Gasteiger partial charge in [0.05, 0.1) is 27.7 Å². The van der Waals surface area contributed by atoms with Crippen LogP contribution in [0.4, 0.5) is 21.9 Å². The van der Waals surface area contributed by atoms with Crippen LogP contribution < -0.4 is 24.9 Å². The number of anilines is 2. The highest BCUT2D eigenvalue weighted by Gasteiger charge is 2.56. The lowest BCUT2D eigenvalue weighted by atomic mass is 9.93. The quantitative estimate of drug-likeness (QED) is 0.0360. The summed E-state index contributed by atoms with van der Waals surface area (Å²) in [6, 6.07) is 36.2. The number of para-hydroxylation sites is 2. The van der Waals surface area contributed by atoms with Gasteiger partial charge in [0.25, 0.3) is 5.91 Å². The van der Waals surface area contributed by atoms with Crippen LogP contribution in [0.1, 0.15) is 18.4 Å². The number of piperidine rings is 1. The Morgan fingerprint density at radius 2 is 1.58 bits per heavy atom. The van der Waals surface area contributed by atoms with Gasteiger partial charge in [-0.3, -0.25) is 19.0 Å². The maximum absolute atomic E-state index is 14.9. The summed E-state index contributed by atoms with van der Waals surface area (Å²) in [5.74, 6) is -1.76. The van der Waals surface area contributed by atoms with Crippen molar-refractivity contribution in [2.45, 2.75) is 47.8 Å². The molecule has 1 unspecified atom stereocenters. The van der Waals surface area contributed by atoms with Crippen molar-refractivity contribution in [2.75, 3.05) is 44.9 Å². The summed E-state index contributed by atoms with van der Waals surface area (Å²) in [7, 11) is -3.90. The third kappa shape index (κ3) is 10.5. The van der Waals surface area contributed by atoms with Crippen molar-refractivity contribution in [3.05, 3.63) is 166 Å². The lowest BCUT2D eigenvalue weighted by molar-refractivity contribution is -0.151. The van der Waals surface area contributed by atoms with Gasteiger partial charge in [0.2, 0.25) is 27.0 Å². The first kappa shape index (κ1) is 55.4. The van der Waals surface area contributed by atoms with Crippen LogP contribution in [0.3, 0.4) is 0 Å². The molecule has 3 fully saturated rings. The standard InChI is InChI=1S/C56H49Cl2N7O13S3/c1-60(28-32-16-21-37(22-17-32)76-30-33-31-79-54-50(53(67)64(54)51(33)55(68)69)59-52(66)45-25-20-36-29-63(45)56(70)65(36)78-81(73,74)75)80(71,72)48-15-9-4-10-40(48)49-38-23-18-34(61(2)43-13-7-5-11-41(43)57)26-46(38)77-47-27-35(19-24-39(47)49)62(3)44-14-8-6-12-42(44)58/h4-19,21-24,26-27,36,45,50,54H,20,25,28-31H2,1-3H3,(H2-,59,66,68,69,73,74,75)/p+1/t36-,45?,50+,54+/m0/s1.